The average Bonchev–Trinajstić information content (AvgIpc) is 2.78. The van der Waals surface area contributed by atoms with Gasteiger partial charge in [0.15, 0.2) is 5.78 Å². The van der Waals surface area contributed by atoms with E-state index in [0.29, 0.717) is 5.56 Å². The van der Waals surface area contributed by atoms with Crippen molar-refractivity contribution in [1.29, 1.82) is 0 Å². The third kappa shape index (κ3) is 2.69. The Labute approximate surface area is 163 Å². The van der Waals surface area contributed by atoms with Crippen molar-refractivity contribution in [2.24, 2.45) is 0 Å². The first-order chi connectivity index (χ1) is 13.8. The molecule has 5 rings (SSSR count). The summed E-state index contributed by atoms with van der Waals surface area (Å²) in [6.45, 7) is 0. The van der Waals surface area contributed by atoms with Gasteiger partial charge in [-0.05, 0) is 32.7 Å². The largest absolute Gasteiger partial charge is 0.289 e. The van der Waals surface area contributed by atoms with E-state index in [2.05, 4.69) is 54.6 Å². The van der Waals surface area contributed by atoms with E-state index in [9.17, 15) is 4.79 Å². The molecule has 0 atom stereocenters. The predicted octanol–water partition coefficient (Wildman–Crippen LogP) is 6.89. The molecule has 0 saturated heterocycles. The number of fused-ring (bicyclic) bond motifs is 3. The molecule has 1 heteroatoms. The monoisotopic (exact) mass is 358 g/mol. The van der Waals surface area contributed by atoms with Gasteiger partial charge in [0, 0.05) is 11.1 Å². The van der Waals surface area contributed by atoms with E-state index in [-0.39, 0.29) is 5.78 Å². The van der Waals surface area contributed by atoms with Crippen molar-refractivity contribution in [2.75, 3.05) is 0 Å². The highest BCUT2D eigenvalue weighted by Crippen LogP contribution is 2.35. The molecule has 0 N–H and O–H groups in total. The minimum Gasteiger partial charge on any atom is -0.289 e. The quantitative estimate of drug-likeness (QED) is 0.253. The number of ketones is 1. The van der Waals surface area contributed by atoms with Crippen molar-refractivity contribution in [3.63, 3.8) is 0 Å². The van der Waals surface area contributed by atoms with Crippen LogP contribution in [0.25, 0.3) is 32.7 Å². The predicted molar refractivity (Wildman–Crippen MR) is 117 cm³/mol. The molecule has 0 aliphatic rings. The van der Waals surface area contributed by atoms with E-state index in [1.807, 2.05) is 54.6 Å². The topological polar surface area (TPSA) is 17.1 Å². The minimum atomic E-state index is 0.0500. The van der Waals surface area contributed by atoms with E-state index in [4.69, 9.17) is 0 Å². The number of hydrogen-bond donors (Lipinski definition) is 0. The van der Waals surface area contributed by atoms with Gasteiger partial charge in [-0.1, -0.05) is 109 Å². The molecule has 0 saturated carbocycles. The van der Waals surface area contributed by atoms with Gasteiger partial charge in [-0.2, -0.15) is 0 Å². The molecule has 0 unspecified atom stereocenters. The maximum Gasteiger partial charge on any atom is 0.193 e. The van der Waals surface area contributed by atoms with Gasteiger partial charge in [0.2, 0.25) is 0 Å². The van der Waals surface area contributed by atoms with Crippen molar-refractivity contribution in [1.82, 2.24) is 0 Å². The van der Waals surface area contributed by atoms with Crippen LogP contribution in [0.1, 0.15) is 15.9 Å². The lowest BCUT2D eigenvalue weighted by Gasteiger charge is -2.13. The zero-order chi connectivity index (χ0) is 18.9. The van der Waals surface area contributed by atoms with Gasteiger partial charge in [-0.25, -0.2) is 0 Å². The molecular weight excluding hydrogens is 340 g/mol. The lowest BCUT2D eigenvalue weighted by Crippen LogP contribution is -2.03. The van der Waals surface area contributed by atoms with Crippen LogP contribution in [0.3, 0.4) is 0 Å². The summed E-state index contributed by atoms with van der Waals surface area (Å²) in [6, 6.07) is 36.4. The second-order valence-corrected chi connectivity index (χ2v) is 6.93. The third-order valence-corrected chi connectivity index (χ3v) is 5.28. The summed E-state index contributed by atoms with van der Waals surface area (Å²) in [6.07, 6.45) is 0. The van der Waals surface area contributed by atoms with Crippen molar-refractivity contribution in [3.05, 3.63) is 120 Å². The second-order valence-electron chi connectivity index (χ2n) is 6.93. The van der Waals surface area contributed by atoms with Crippen LogP contribution < -0.4 is 0 Å². The van der Waals surface area contributed by atoms with Crippen LogP contribution in [0.5, 0.6) is 0 Å². The Bertz CT molecular complexity index is 1320. The molecule has 0 spiro atoms. The molecule has 5 aromatic rings. The summed E-state index contributed by atoms with van der Waals surface area (Å²) in [4.78, 5) is 13.2. The fourth-order valence-electron chi connectivity index (χ4n) is 3.94. The van der Waals surface area contributed by atoms with Gasteiger partial charge >= 0.3 is 0 Å². The number of carbonyl (C=O) groups is 1. The van der Waals surface area contributed by atoms with Crippen LogP contribution >= 0.6 is 0 Å². The number of carbonyl (C=O) groups excluding carboxylic acids is 1. The second kappa shape index (κ2) is 6.79. The average molecular weight is 358 g/mol. The van der Waals surface area contributed by atoms with Crippen molar-refractivity contribution in [2.45, 2.75) is 0 Å². The first-order valence-corrected chi connectivity index (χ1v) is 9.42. The minimum absolute atomic E-state index is 0.0500. The summed E-state index contributed by atoms with van der Waals surface area (Å²) in [5.41, 5.74) is 3.50. The first kappa shape index (κ1) is 16.5. The number of benzene rings is 5. The first-order valence-electron chi connectivity index (χ1n) is 9.42. The Balaban J connectivity index is 1.76. The van der Waals surface area contributed by atoms with Crippen LogP contribution in [0, 0.1) is 0 Å². The molecule has 132 valence electrons. The van der Waals surface area contributed by atoms with E-state index in [0.717, 1.165) is 22.1 Å². The Kier molecular flexibility index (Phi) is 3.99. The molecule has 0 radical (unpaired) electrons. The Morgan fingerprint density at radius 3 is 2.04 bits per heavy atom. The van der Waals surface area contributed by atoms with Gasteiger partial charge in [-0.3, -0.25) is 4.79 Å². The maximum atomic E-state index is 13.2. The summed E-state index contributed by atoms with van der Waals surface area (Å²) in [5.74, 6) is 0.0500. The molecule has 0 aromatic heterocycles. The van der Waals surface area contributed by atoms with E-state index in [1.54, 1.807) is 0 Å². The van der Waals surface area contributed by atoms with Crippen molar-refractivity contribution >= 4 is 27.3 Å². The number of rotatable bonds is 3. The van der Waals surface area contributed by atoms with Crippen LogP contribution in [-0.2, 0) is 0 Å². The van der Waals surface area contributed by atoms with Gasteiger partial charge in [0.1, 0.15) is 0 Å². The zero-order valence-corrected chi connectivity index (χ0v) is 15.3. The Morgan fingerprint density at radius 2 is 1.14 bits per heavy atom. The van der Waals surface area contributed by atoms with Crippen LogP contribution in [0.15, 0.2) is 109 Å². The molecule has 0 aliphatic heterocycles. The molecule has 0 aliphatic carbocycles. The van der Waals surface area contributed by atoms with E-state index >= 15 is 0 Å². The van der Waals surface area contributed by atoms with E-state index < -0.39 is 0 Å². The van der Waals surface area contributed by atoms with Crippen LogP contribution in [0.2, 0.25) is 0 Å². The fourth-order valence-corrected chi connectivity index (χ4v) is 3.94. The maximum absolute atomic E-state index is 13.2. The van der Waals surface area contributed by atoms with Gasteiger partial charge in [0.25, 0.3) is 0 Å². The van der Waals surface area contributed by atoms with Gasteiger partial charge < -0.3 is 0 Å². The molecule has 0 fully saturated rings. The molecule has 0 amide bonds. The Morgan fingerprint density at radius 1 is 0.464 bits per heavy atom. The molecule has 1 nitrogen and oxygen atoms in total. The molecule has 5 aromatic carbocycles. The normalized spacial score (nSPS) is 11.0. The third-order valence-electron chi connectivity index (χ3n) is 5.28. The lowest BCUT2D eigenvalue weighted by atomic mass is 9.90. The summed E-state index contributed by atoms with van der Waals surface area (Å²) < 4.78 is 0. The van der Waals surface area contributed by atoms with Gasteiger partial charge in [0.05, 0.1) is 0 Å². The SMILES string of the molecule is O=C(c1ccccc1)c1ccccc1-c1cccc2c1ccc1ccccc12. The number of hydrogen-bond acceptors (Lipinski definition) is 1. The smallest absolute Gasteiger partial charge is 0.193 e. The highest BCUT2D eigenvalue weighted by atomic mass is 16.1. The van der Waals surface area contributed by atoms with E-state index in [1.165, 1.54) is 16.2 Å². The van der Waals surface area contributed by atoms with Crippen LogP contribution in [-0.4, -0.2) is 5.78 Å². The lowest BCUT2D eigenvalue weighted by molar-refractivity contribution is 0.103. The molecule has 0 heterocycles. The molecule has 0 bridgehead atoms. The zero-order valence-electron chi connectivity index (χ0n) is 15.3. The fraction of sp³-hybridized carbons (Fsp3) is 0. The van der Waals surface area contributed by atoms with Crippen LogP contribution in [0.4, 0.5) is 0 Å². The van der Waals surface area contributed by atoms with Gasteiger partial charge in [-0.15, -0.1) is 0 Å². The molecule has 28 heavy (non-hydrogen) atoms. The standard InChI is InChI=1S/C27H18O/c28-27(20-10-2-1-3-11-20)26-14-7-6-13-24(26)23-16-8-15-22-21-12-5-4-9-19(21)17-18-25(22)23/h1-18H. The molecular formula is C27H18O. The van der Waals surface area contributed by atoms with Crippen molar-refractivity contribution < 1.29 is 4.79 Å². The highest BCUT2D eigenvalue weighted by Gasteiger charge is 2.16. The Hall–Kier alpha value is -3.71. The summed E-state index contributed by atoms with van der Waals surface area (Å²) in [7, 11) is 0. The van der Waals surface area contributed by atoms with Crippen molar-refractivity contribution in [3.8, 4) is 11.1 Å². The summed E-state index contributed by atoms with van der Waals surface area (Å²) >= 11 is 0. The summed E-state index contributed by atoms with van der Waals surface area (Å²) in [5, 5.41) is 4.82. The highest BCUT2D eigenvalue weighted by molar-refractivity contribution is 6.17.